The van der Waals surface area contributed by atoms with Crippen molar-refractivity contribution in [1.82, 2.24) is 0 Å². The normalized spacial score (nSPS) is 9.25. The van der Waals surface area contributed by atoms with Gasteiger partial charge in [0, 0.05) is 0 Å². The van der Waals surface area contributed by atoms with E-state index >= 15 is 0 Å². The first-order valence-electron chi connectivity index (χ1n) is 2.82. The van der Waals surface area contributed by atoms with Crippen molar-refractivity contribution in [3.63, 3.8) is 0 Å². The molecule has 0 aliphatic rings. The minimum Gasteiger partial charge on any atom is -0.414 e. The van der Waals surface area contributed by atoms with E-state index < -0.39 is 0 Å². The van der Waals surface area contributed by atoms with Gasteiger partial charge in [0.15, 0.2) is 60.3 Å². The molecule has 0 aliphatic heterocycles. The van der Waals surface area contributed by atoms with E-state index in [1.54, 1.807) is 18.2 Å². The maximum atomic E-state index is 4.86. The highest BCUT2D eigenvalue weighted by atomic mass is 79.9. The predicted molar refractivity (Wildman–Crippen MR) is 55.1 cm³/mol. The Morgan fingerprint density at radius 2 is 1.33 bits per heavy atom. The van der Waals surface area contributed by atoms with Crippen LogP contribution in [0.15, 0.2) is 18.2 Å². The van der Waals surface area contributed by atoms with Gasteiger partial charge in [-0.3, -0.25) is 0 Å². The Labute approximate surface area is 95.3 Å². The zero-order valence-electron chi connectivity index (χ0n) is 5.59. The first-order chi connectivity index (χ1) is 5.83. The summed E-state index contributed by atoms with van der Waals surface area (Å²) in [6.45, 7) is 0. The second-order valence-corrected chi connectivity index (χ2v) is 2.79. The number of rotatable bonds is 3. The van der Waals surface area contributed by atoms with Crippen molar-refractivity contribution in [3.8, 4) is 17.2 Å². The smallest absolute Gasteiger partial charge is 0.222 e. The average molecular weight is 363 g/mol. The molecule has 0 unspecified atom stereocenters. The van der Waals surface area contributed by atoms with Crippen molar-refractivity contribution in [3.05, 3.63) is 18.2 Å². The molecule has 6 heteroatoms. The minimum atomic E-state index is 0.450. The molecule has 0 atom stereocenters. The number of para-hydroxylation sites is 1. The van der Waals surface area contributed by atoms with Crippen LogP contribution in [0.25, 0.3) is 0 Å². The van der Waals surface area contributed by atoms with E-state index in [0.29, 0.717) is 17.2 Å². The molecule has 1 aromatic carbocycles. The molecule has 66 valence electrons. The van der Waals surface area contributed by atoms with Gasteiger partial charge in [-0.15, -0.1) is 0 Å². The first-order valence-corrected chi connectivity index (χ1v) is 4.76. The molecule has 0 radical (unpaired) electrons. The second-order valence-electron chi connectivity index (χ2n) is 1.81. The summed E-state index contributed by atoms with van der Waals surface area (Å²) in [6, 6.07) is 5.21. The van der Waals surface area contributed by atoms with Crippen molar-refractivity contribution in [1.29, 1.82) is 0 Å². The van der Waals surface area contributed by atoms with E-state index in [4.69, 9.17) is 11.5 Å². The summed E-state index contributed by atoms with van der Waals surface area (Å²) in [7, 11) is 0. The van der Waals surface area contributed by atoms with Gasteiger partial charge in [0.05, 0.1) is 0 Å². The number of hydrogen-bond donors (Lipinski definition) is 0. The predicted octanol–water partition coefficient (Wildman–Crippen LogP) is 3.75. The topological polar surface area (TPSA) is 27.7 Å². The number of benzene rings is 1. The summed E-state index contributed by atoms with van der Waals surface area (Å²) in [6.07, 6.45) is 0. The summed E-state index contributed by atoms with van der Waals surface area (Å²) in [4.78, 5) is 0. The molecule has 1 rings (SSSR count). The van der Waals surface area contributed by atoms with Crippen LogP contribution < -0.4 is 11.5 Å². The lowest BCUT2D eigenvalue weighted by atomic mass is 10.3. The molecule has 0 fully saturated rings. The average Bonchev–Trinajstić information content (AvgIpc) is 2.16. The Morgan fingerprint density at radius 1 is 0.833 bits per heavy atom. The van der Waals surface area contributed by atoms with Crippen LogP contribution >= 0.6 is 48.8 Å². The fourth-order valence-corrected chi connectivity index (χ4v) is 1.52. The Hall–Kier alpha value is 0.0600. The highest BCUT2D eigenvalue weighted by molar-refractivity contribution is 9.06. The maximum Gasteiger partial charge on any atom is 0.222 e. The standard InChI is InChI=1S/C6H3Br3O3/c7-10-4-2-1-3-5(11-8)6(4)12-9/h1-3H. The third-order valence-electron chi connectivity index (χ3n) is 1.19. The molecule has 0 aromatic heterocycles. The summed E-state index contributed by atoms with van der Waals surface area (Å²) in [5.74, 6) is 1.49. The molecule has 0 bridgehead atoms. The highest BCUT2D eigenvalue weighted by Gasteiger charge is 2.11. The van der Waals surface area contributed by atoms with Gasteiger partial charge in [0.25, 0.3) is 0 Å². The summed E-state index contributed by atoms with van der Waals surface area (Å²) >= 11 is 8.52. The lowest BCUT2D eigenvalue weighted by molar-refractivity contribution is 0.559. The van der Waals surface area contributed by atoms with Gasteiger partial charge in [-0.2, -0.15) is 0 Å². The summed E-state index contributed by atoms with van der Waals surface area (Å²) in [5.41, 5.74) is 0. The van der Waals surface area contributed by atoms with Gasteiger partial charge >= 0.3 is 0 Å². The van der Waals surface area contributed by atoms with E-state index in [0.717, 1.165) is 0 Å². The maximum absolute atomic E-state index is 4.86. The molecule has 0 N–H and O–H groups in total. The molecule has 0 spiro atoms. The van der Waals surface area contributed by atoms with Crippen molar-refractivity contribution in [2.45, 2.75) is 0 Å². The Balaban J connectivity index is 3.13. The summed E-state index contributed by atoms with van der Waals surface area (Å²) in [5, 5.41) is 0. The Bertz CT molecular complexity index is 244. The fourth-order valence-electron chi connectivity index (χ4n) is 0.693. The summed E-state index contributed by atoms with van der Waals surface area (Å²) < 4.78 is 14.5. The van der Waals surface area contributed by atoms with E-state index in [-0.39, 0.29) is 0 Å². The zero-order chi connectivity index (χ0) is 8.97. The van der Waals surface area contributed by atoms with Gasteiger partial charge in [-0.05, 0) is 12.1 Å². The second kappa shape index (κ2) is 4.94. The van der Waals surface area contributed by atoms with Gasteiger partial charge in [-0.25, -0.2) is 0 Å². The van der Waals surface area contributed by atoms with Crippen molar-refractivity contribution in [2.75, 3.05) is 0 Å². The fraction of sp³-hybridized carbons (Fsp3) is 0. The van der Waals surface area contributed by atoms with E-state index in [9.17, 15) is 0 Å². The van der Waals surface area contributed by atoms with Crippen molar-refractivity contribution >= 4 is 48.8 Å². The van der Waals surface area contributed by atoms with Crippen LogP contribution in [-0.2, 0) is 0 Å². The van der Waals surface area contributed by atoms with E-state index in [1.165, 1.54) is 0 Å². The third kappa shape index (κ3) is 2.05. The third-order valence-corrected chi connectivity index (χ3v) is 2.21. The quantitative estimate of drug-likeness (QED) is 0.819. The molecular weight excluding hydrogens is 360 g/mol. The van der Waals surface area contributed by atoms with Crippen molar-refractivity contribution < 1.29 is 11.5 Å². The minimum absolute atomic E-state index is 0.450. The van der Waals surface area contributed by atoms with Crippen LogP contribution in [0.3, 0.4) is 0 Å². The largest absolute Gasteiger partial charge is 0.414 e. The Kier molecular flexibility index (Phi) is 4.17. The molecule has 0 saturated heterocycles. The SMILES string of the molecule is BrOc1cccc(OBr)c1OBr. The lowest BCUT2D eigenvalue weighted by Gasteiger charge is -2.06. The van der Waals surface area contributed by atoms with Crippen LogP contribution in [0.4, 0.5) is 0 Å². The number of hydrogen-bond acceptors (Lipinski definition) is 3. The van der Waals surface area contributed by atoms with E-state index in [2.05, 4.69) is 48.8 Å². The molecule has 0 heterocycles. The molecule has 3 nitrogen and oxygen atoms in total. The molecule has 0 aliphatic carbocycles. The van der Waals surface area contributed by atoms with Gasteiger partial charge in [0.2, 0.25) is 5.75 Å². The molecular formula is C6H3Br3O3. The van der Waals surface area contributed by atoms with Gasteiger partial charge in [-0.1, -0.05) is 6.07 Å². The molecule has 1 aromatic rings. The highest BCUT2D eigenvalue weighted by Crippen LogP contribution is 2.39. The van der Waals surface area contributed by atoms with Crippen LogP contribution in [0.5, 0.6) is 17.2 Å². The molecule has 0 saturated carbocycles. The monoisotopic (exact) mass is 360 g/mol. The van der Waals surface area contributed by atoms with Crippen LogP contribution in [-0.4, -0.2) is 0 Å². The van der Waals surface area contributed by atoms with Crippen LogP contribution in [0.1, 0.15) is 0 Å². The lowest BCUT2D eigenvalue weighted by Crippen LogP contribution is -1.84. The molecule has 12 heavy (non-hydrogen) atoms. The van der Waals surface area contributed by atoms with Crippen LogP contribution in [0, 0.1) is 0 Å². The number of halogens is 3. The van der Waals surface area contributed by atoms with Crippen LogP contribution in [0.2, 0.25) is 0 Å². The van der Waals surface area contributed by atoms with Crippen molar-refractivity contribution in [2.24, 2.45) is 0 Å². The first kappa shape index (κ1) is 10.1. The Morgan fingerprint density at radius 3 is 1.67 bits per heavy atom. The van der Waals surface area contributed by atoms with Gasteiger partial charge < -0.3 is 11.5 Å². The molecule has 0 amide bonds. The zero-order valence-corrected chi connectivity index (χ0v) is 10.3. The van der Waals surface area contributed by atoms with Gasteiger partial charge in [0.1, 0.15) is 0 Å². The van der Waals surface area contributed by atoms with E-state index in [1.807, 2.05) is 0 Å².